The number of anilines is 2. The standard InChI is InChI=1S/C14H23ClN6O/c15-12-17-13(16-4-7-20-8-10-22-11-9-20)19-14(18-12)21-5-2-1-3-6-21/h1-11H2,(H,16,17,18,19). The number of halogens is 1. The zero-order valence-electron chi connectivity index (χ0n) is 12.8. The molecule has 2 saturated heterocycles. The van der Waals surface area contributed by atoms with E-state index in [1.807, 2.05) is 0 Å². The van der Waals surface area contributed by atoms with E-state index in [-0.39, 0.29) is 5.28 Å². The van der Waals surface area contributed by atoms with Crippen molar-refractivity contribution in [2.75, 3.05) is 62.7 Å². The summed E-state index contributed by atoms with van der Waals surface area (Å²) in [6, 6.07) is 0. The SMILES string of the molecule is Clc1nc(NCCN2CCOCC2)nc(N2CCCCC2)n1. The molecule has 0 amide bonds. The molecule has 1 N–H and O–H groups in total. The maximum atomic E-state index is 6.04. The fourth-order valence-electron chi connectivity index (χ4n) is 2.80. The average molecular weight is 327 g/mol. The Morgan fingerprint density at radius 3 is 2.55 bits per heavy atom. The molecule has 3 heterocycles. The van der Waals surface area contributed by atoms with E-state index in [0.717, 1.165) is 52.5 Å². The Kier molecular flexibility index (Phi) is 5.64. The van der Waals surface area contributed by atoms with Crippen molar-refractivity contribution in [1.29, 1.82) is 0 Å². The molecule has 0 saturated carbocycles. The van der Waals surface area contributed by atoms with Crippen LogP contribution in [-0.4, -0.2) is 72.3 Å². The van der Waals surface area contributed by atoms with Gasteiger partial charge in [-0.15, -0.1) is 0 Å². The summed E-state index contributed by atoms with van der Waals surface area (Å²) in [5, 5.41) is 3.51. The monoisotopic (exact) mass is 326 g/mol. The Balaban J connectivity index is 1.54. The Hall–Kier alpha value is -1.18. The van der Waals surface area contributed by atoms with Gasteiger partial charge in [-0.2, -0.15) is 15.0 Å². The average Bonchev–Trinajstić information content (AvgIpc) is 2.56. The number of nitrogens with zero attached hydrogens (tertiary/aromatic N) is 5. The molecule has 2 fully saturated rings. The van der Waals surface area contributed by atoms with E-state index >= 15 is 0 Å². The van der Waals surface area contributed by atoms with Crippen molar-refractivity contribution < 1.29 is 4.74 Å². The maximum absolute atomic E-state index is 6.04. The second-order valence-corrected chi connectivity index (χ2v) is 5.99. The summed E-state index contributed by atoms with van der Waals surface area (Å²) >= 11 is 6.04. The number of nitrogens with one attached hydrogen (secondary N) is 1. The largest absolute Gasteiger partial charge is 0.379 e. The summed E-state index contributed by atoms with van der Waals surface area (Å²) in [6.45, 7) is 7.33. The third-order valence-electron chi connectivity index (χ3n) is 4.05. The van der Waals surface area contributed by atoms with E-state index in [2.05, 4.69) is 30.1 Å². The summed E-state index contributed by atoms with van der Waals surface area (Å²) < 4.78 is 5.34. The van der Waals surface area contributed by atoms with E-state index in [0.29, 0.717) is 11.9 Å². The first kappa shape index (κ1) is 15.7. The van der Waals surface area contributed by atoms with E-state index in [1.54, 1.807) is 0 Å². The van der Waals surface area contributed by atoms with Gasteiger partial charge in [0, 0.05) is 39.3 Å². The number of piperidine rings is 1. The van der Waals surface area contributed by atoms with Crippen LogP contribution < -0.4 is 10.2 Å². The molecular weight excluding hydrogens is 304 g/mol. The Bertz CT molecular complexity index is 476. The Labute approximate surface area is 136 Å². The van der Waals surface area contributed by atoms with Crippen molar-refractivity contribution >= 4 is 23.5 Å². The van der Waals surface area contributed by atoms with Gasteiger partial charge in [0.25, 0.3) is 0 Å². The zero-order valence-corrected chi connectivity index (χ0v) is 13.6. The highest BCUT2D eigenvalue weighted by molar-refractivity contribution is 6.28. The van der Waals surface area contributed by atoms with Crippen LogP contribution in [0.3, 0.4) is 0 Å². The molecule has 0 aromatic carbocycles. The lowest BCUT2D eigenvalue weighted by Crippen LogP contribution is -2.39. The number of rotatable bonds is 5. The van der Waals surface area contributed by atoms with Gasteiger partial charge in [-0.25, -0.2) is 0 Å². The van der Waals surface area contributed by atoms with Crippen LogP contribution in [0.1, 0.15) is 19.3 Å². The molecule has 0 spiro atoms. The van der Waals surface area contributed by atoms with Crippen LogP contribution in [0.5, 0.6) is 0 Å². The minimum Gasteiger partial charge on any atom is -0.379 e. The topological polar surface area (TPSA) is 66.4 Å². The molecule has 2 aliphatic rings. The van der Waals surface area contributed by atoms with Gasteiger partial charge in [0.2, 0.25) is 17.2 Å². The fourth-order valence-corrected chi connectivity index (χ4v) is 2.96. The molecule has 8 heteroatoms. The molecule has 0 aliphatic carbocycles. The lowest BCUT2D eigenvalue weighted by atomic mass is 10.1. The first-order chi connectivity index (χ1) is 10.8. The molecule has 0 unspecified atom stereocenters. The Morgan fingerprint density at radius 1 is 1.00 bits per heavy atom. The highest BCUT2D eigenvalue weighted by Gasteiger charge is 2.16. The highest BCUT2D eigenvalue weighted by atomic mass is 35.5. The molecule has 2 aliphatic heterocycles. The molecule has 7 nitrogen and oxygen atoms in total. The quantitative estimate of drug-likeness (QED) is 0.873. The van der Waals surface area contributed by atoms with Crippen molar-refractivity contribution in [3.63, 3.8) is 0 Å². The number of hydrogen-bond acceptors (Lipinski definition) is 7. The van der Waals surface area contributed by atoms with Gasteiger partial charge >= 0.3 is 0 Å². The highest BCUT2D eigenvalue weighted by Crippen LogP contribution is 2.18. The van der Waals surface area contributed by atoms with Gasteiger partial charge < -0.3 is 15.0 Å². The Morgan fingerprint density at radius 2 is 1.77 bits per heavy atom. The molecule has 0 radical (unpaired) electrons. The summed E-state index contributed by atoms with van der Waals surface area (Å²) in [5.41, 5.74) is 0. The van der Waals surface area contributed by atoms with E-state index in [4.69, 9.17) is 16.3 Å². The van der Waals surface area contributed by atoms with Crippen molar-refractivity contribution in [3.8, 4) is 0 Å². The molecule has 122 valence electrons. The molecule has 1 aromatic rings. The fraction of sp³-hybridized carbons (Fsp3) is 0.786. The van der Waals surface area contributed by atoms with E-state index in [9.17, 15) is 0 Å². The third kappa shape index (κ3) is 4.41. The van der Waals surface area contributed by atoms with E-state index < -0.39 is 0 Å². The van der Waals surface area contributed by atoms with Crippen LogP contribution in [0, 0.1) is 0 Å². The van der Waals surface area contributed by atoms with Gasteiger partial charge in [0.1, 0.15) is 0 Å². The van der Waals surface area contributed by atoms with Crippen molar-refractivity contribution in [1.82, 2.24) is 19.9 Å². The van der Waals surface area contributed by atoms with Gasteiger partial charge in [-0.1, -0.05) is 0 Å². The predicted octanol–water partition coefficient (Wildman–Crippen LogP) is 1.26. The normalized spacial score (nSPS) is 20.1. The molecular formula is C14H23ClN6O. The van der Waals surface area contributed by atoms with Crippen molar-refractivity contribution in [2.45, 2.75) is 19.3 Å². The summed E-state index contributed by atoms with van der Waals surface area (Å²) in [5.74, 6) is 1.25. The maximum Gasteiger partial charge on any atom is 0.231 e. The number of hydrogen-bond donors (Lipinski definition) is 1. The first-order valence-electron chi connectivity index (χ1n) is 8.02. The van der Waals surface area contributed by atoms with Crippen LogP contribution in [0.15, 0.2) is 0 Å². The van der Waals surface area contributed by atoms with Gasteiger partial charge in [0.15, 0.2) is 0 Å². The lowest BCUT2D eigenvalue weighted by molar-refractivity contribution is 0.0398. The first-order valence-corrected chi connectivity index (χ1v) is 8.39. The number of morpholine rings is 1. The molecule has 3 rings (SSSR count). The van der Waals surface area contributed by atoms with Crippen LogP contribution in [0.4, 0.5) is 11.9 Å². The second-order valence-electron chi connectivity index (χ2n) is 5.66. The molecule has 1 aromatic heterocycles. The predicted molar refractivity (Wildman–Crippen MR) is 86.6 cm³/mol. The van der Waals surface area contributed by atoms with Crippen LogP contribution in [-0.2, 0) is 4.74 Å². The van der Waals surface area contributed by atoms with Crippen molar-refractivity contribution in [2.24, 2.45) is 0 Å². The smallest absolute Gasteiger partial charge is 0.231 e. The summed E-state index contributed by atoms with van der Waals surface area (Å²) in [4.78, 5) is 17.5. The number of aromatic nitrogens is 3. The van der Waals surface area contributed by atoms with Crippen LogP contribution in [0.25, 0.3) is 0 Å². The molecule has 22 heavy (non-hydrogen) atoms. The van der Waals surface area contributed by atoms with E-state index in [1.165, 1.54) is 19.3 Å². The van der Waals surface area contributed by atoms with Crippen LogP contribution >= 0.6 is 11.6 Å². The van der Waals surface area contributed by atoms with Gasteiger partial charge in [-0.05, 0) is 30.9 Å². The molecule has 0 bridgehead atoms. The minimum atomic E-state index is 0.254. The van der Waals surface area contributed by atoms with Crippen LogP contribution in [0.2, 0.25) is 5.28 Å². The summed E-state index contributed by atoms with van der Waals surface area (Å²) in [7, 11) is 0. The second kappa shape index (κ2) is 7.89. The van der Waals surface area contributed by atoms with Gasteiger partial charge in [0.05, 0.1) is 13.2 Å². The van der Waals surface area contributed by atoms with Gasteiger partial charge in [-0.3, -0.25) is 4.90 Å². The molecule has 0 atom stereocenters. The lowest BCUT2D eigenvalue weighted by Gasteiger charge is -2.27. The van der Waals surface area contributed by atoms with Crippen molar-refractivity contribution in [3.05, 3.63) is 5.28 Å². The third-order valence-corrected chi connectivity index (χ3v) is 4.22. The number of ether oxygens (including phenoxy) is 1. The summed E-state index contributed by atoms with van der Waals surface area (Å²) in [6.07, 6.45) is 3.65. The zero-order chi connectivity index (χ0) is 15.2. The minimum absolute atomic E-state index is 0.254.